The summed E-state index contributed by atoms with van der Waals surface area (Å²) in [5.41, 5.74) is 0.381. The molecule has 23 heavy (non-hydrogen) atoms. The molecule has 6 heteroatoms. The van der Waals surface area contributed by atoms with Gasteiger partial charge < -0.3 is 20.1 Å². The molecule has 0 aliphatic carbocycles. The molecule has 2 aliphatic heterocycles. The van der Waals surface area contributed by atoms with E-state index in [1.165, 1.54) is 0 Å². The van der Waals surface area contributed by atoms with E-state index in [-0.39, 0.29) is 17.7 Å². The number of hydrogen-bond acceptors (Lipinski definition) is 4. The highest BCUT2D eigenvalue weighted by atomic mass is 16.6. The molecule has 0 atom stereocenters. The number of anilines is 1. The van der Waals surface area contributed by atoms with Gasteiger partial charge in [-0.1, -0.05) is 0 Å². The normalized spacial score (nSPS) is 19.4. The van der Waals surface area contributed by atoms with Crippen LogP contribution in [0.1, 0.15) is 39.2 Å². The lowest BCUT2D eigenvalue weighted by Crippen LogP contribution is -2.49. The first-order chi connectivity index (χ1) is 10.7. The molecule has 0 unspecified atom stereocenters. The molecule has 6 nitrogen and oxygen atoms in total. The number of nitrogens with one attached hydrogen (secondary N) is 1. The van der Waals surface area contributed by atoms with Crippen molar-refractivity contribution < 1.29 is 19.4 Å². The second-order valence-corrected chi connectivity index (χ2v) is 7.23. The van der Waals surface area contributed by atoms with E-state index < -0.39 is 11.0 Å². The number of fused-ring (bicyclic) bond motifs is 2. The maximum atomic E-state index is 12.5. The van der Waals surface area contributed by atoms with Gasteiger partial charge in [0.2, 0.25) is 5.91 Å². The lowest BCUT2D eigenvalue weighted by molar-refractivity contribution is -0.122. The monoisotopic (exact) mass is 318 g/mol. The Kier molecular flexibility index (Phi) is 3.50. The molecule has 2 aliphatic rings. The highest BCUT2D eigenvalue weighted by molar-refractivity contribution is 6.06. The van der Waals surface area contributed by atoms with E-state index in [9.17, 15) is 14.7 Å². The van der Waals surface area contributed by atoms with Crippen LogP contribution in [0.2, 0.25) is 0 Å². The summed E-state index contributed by atoms with van der Waals surface area (Å²) in [6, 6.07) is 4.93. The molecule has 1 fully saturated rings. The first-order valence-corrected chi connectivity index (χ1v) is 7.84. The Labute approximate surface area is 135 Å². The van der Waals surface area contributed by atoms with Crippen LogP contribution in [0.15, 0.2) is 18.2 Å². The molecule has 124 valence electrons. The number of nitrogens with zero attached hydrogens (tertiary/aromatic N) is 1. The van der Waals surface area contributed by atoms with Gasteiger partial charge in [-0.25, -0.2) is 4.79 Å². The van der Waals surface area contributed by atoms with Crippen LogP contribution in [0.25, 0.3) is 0 Å². The molecule has 1 aromatic carbocycles. The summed E-state index contributed by atoms with van der Waals surface area (Å²) in [6.07, 6.45) is 0.699. The van der Waals surface area contributed by atoms with Gasteiger partial charge in [0.25, 0.3) is 0 Å². The minimum atomic E-state index is -0.660. The van der Waals surface area contributed by atoms with Gasteiger partial charge in [0.1, 0.15) is 11.4 Å². The number of likely N-dealkylation sites (tertiary alicyclic amines) is 1. The molecule has 2 amide bonds. The lowest BCUT2D eigenvalue weighted by atomic mass is 9.73. The maximum Gasteiger partial charge on any atom is 0.410 e. The van der Waals surface area contributed by atoms with Crippen molar-refractivity contribution in [2.75, 3.05) is 18.4 Å². The lowest BCUT2D eigenvalue weighted by Gasteiger charge is -2.38. The van der Waals surface area contributed by atoms with E-state index in [0.29, 0.717) is 25.9 Å². The van der Waals surface area contributed by atoms with Crippen LogP contribution in [-0.4, -0.2) is 40.7 Å². The number of hydrogen-bond donors (Lipinski definition) is 2. The summed E-state index contributed by atoms with van der Waals surface area (Å²) in [4.78, 5) is 26.3. The topological polar surface area (TPSA) is 78.9 Å². The van der Waals surface area contributed by atoms with Gasteiger partial charge in [-0.15, -0.1) is 0 Å². The quantitative estimate of drug-likeness (QED) is 0.721. The van der Waals surface area contributed by atoms with E-state index in [2.05, 4.69) is 5.32 Å². The Morgan fingerprint density at radius 3 is 2.57 bits per heavy atom. The minimum Gasteiger partial charge on any atom is -0.508 e. The molecule has 1 spiro atoms. The van der Waals surface area contributed by atoms with Gasteiger partial charge in [-0.3, -0.25) is 4.79 Å². The summed E-state index contributed by atoms with van der Waals surface area (Å²) in [6.45, 7) is 6.41. The first kappa shape index (κ1) is 15.6. The third kappa shape index (κ3) is 2.73. The predicted molar refractivity (Wildman–Crippen MR) is 85.5 cm³/mol. The SMILES string of the molecule is CC(C)(C)OC(=O)N1CCC2(CC1)C(=O)Nc1ccc(O)cc12. The number of phenolic OH excluding ortho intramolecular Hbond substituents is 1. The zero-order chi connectivity index (χ0) is 16.8. The van der Waals surface area contributed by atoms with Gasteiger partial charge in [-0.05, 0) is 57.4 Å². The van der Waals surface area contributed by atoms with Gasteiger partial charge >= 0.3 is 6.09 Å². The Morgan fingerprint density at radius 1 is 1.30 bits per heavy atom. The predicted octanol–water partition coefficient (Wildman–Crippen LogP) is 2.61. The number of carbonyl (C=O) groups excluding carboxylic acids is 2. The van der Waals surface area contributed by atoms with Gasteiger partial charge in [0.15, 0.2) is 0 Å². The fraction of sp³-hybridized carbons (Fsp3) is 0.529. The summed E-state index contributed by atoms with van der Waals surface area (Å²) < 4.78 is 5.39. The number of carbonyl (C=O) groups is 2. The smallest absolute Gasteiger partial charge is 0.410 e. The zero-order valence-corrected chi connectivity index (χ0v) is 13.7. The van der Waals surface area contributed by atoms with E-state index in [1.807, 2.05) is 20.8 Å². The van der Waals surface area contributed by atoms with Crippen molar-refractivity contribution >= 4 is 17.7 Å². The van der Waals surface area contributed by atoms with Crippen LogP contribution in [0.5, 0.6) is 5.75 Å². The van der Waals surface area contributed by atoms with Crippen LogP contribution in [0.4, 0.5) is 10.5 Å². The third-order valence-corrected chi connectivity index (χ3v) is 4.47. The Morgan fingerprint density at radius 2 is 1.96 bits per heavy atom. The number of rotatable bonds is 0. The second kappa shape index (κ2) is 5.15. The summed E-state index contributed by atoms with van der Waals surface area (Å²) >= 11 is 0. The van der Waals surface area contributed by atoms with Crippen molar-refractivity contribution in [3.05, 3.63) is 23.8 Å². The average Bonchev–Trinajstić information content (AvgIpc) is 2.71. The minimum absolute atomic E-state index is 0.0538. The van der Waals surface area contributed by atoms with Crippen molar-refractivity contribution in [2.24, 2.45) is 0 Å². The summed E-state index contributed by atoms with van der Waals surface area (Å²) in [5, 5.41) is 12.6. The molecular weight excluding hydrogens is 296 g/mol. The first-order valence-electron chi connectivity index (χ1n) is 7.84. The number of piperidine rings is 1. The fourth-order valence-corrected chi connectivity index (χ4v) is 3.30. The Hall–Kier alpha value is -2.24. The van der Waals surface area contributed by atoms with Crippen LogP contribution < -0.4 is 5.32 Å². The highest BCUT2D eigenvalue weighted by Crippen LogP contribution is 2.46. The third-order valence-electron chi connectivity index (χ3n) is 4.47. The standard InChI is InChI=1S/C17H22N2O4/c1-16(2,3)23-15(22)19-8-6-17(7-9-19)12-10-11(20)4-5-13(12)18-14(17)21/h4-5,10,20H,6-9H2,1-3H3,(H,18,21). The molecular formula is C17H22N2O4. The van der Waals surface area contributed by atoms with E-state index in [4.69, 9.17) is 4.74 Å². The fourth-order valence-electron chi connectivity index (χ4n) is 3.30. The van der Waals surface area contributed by atoms with E-state index in [1.54, 1.807) is 23.1 Å². The van der Waals surface area contributed by atoms with E-state index >= 15 is 0 Å². The Balaban J connectivity index is 1.78. The number of aromatic hydroxyl groups is 1. The second-order valence-electron chi connectivity index (χ2n) is 7.23. The number of phenols is 1. The highest BCUT2D eigenvalue weighted by Gasteiger charge is 2.49. The van der Waals surface area contributed by atoms with Crippen LogP contribution >= 0.6 is 0 Å². The molecule has 0 radical (unpaired) electrons. The molecule has 1 aromatic rings. The largest absolute Gasteiger partial charge is 0.508 e. The number of benzene rings is 1. The molecule has 0 aromatic heterocycles. The average molecular weight is 318 g/mol. The van der Waals surface area contributed by atoms with Crippen molar-refractivity contribution in [3.8, 4) is 5.75 Å². The molecule has 2 N–H and O–H groups in total. The molecule has 0 saturated carbocycles. The van der Waals surface area contributed by atoms with Crippen LogP contribution in [-0.2, 0) is 14.9 Å². The Bertz CT molecular complexity index is 655. The maximum absolute atomic E-state index is 12.5. The van der Waals surface area contributed by atoms with Gasteiger partial charge in [-0.2, -0.15) is 0 Å². The molecule has 2 heterocycles. The zero-order valence-electron chi connectivity index (χ0n) is 13.7. The van der Waals surface area contributed by atoms with E-state index in [0.717, 1.165) is 11.3 Å². The molecule has 1 saturated heterocycles. The van der Waals surface area contributed by atoms with Crippen molar-refractivity contribution in [3.63, 3.8) is 0 Å². The number of amides is 2. The summed E-state index contributed by atoms with van der Waals surface area (Å²) in [7, 11) is 0. The van der Waals surface area contributed by atoms with Crippen LogP contribution in [0, 0.1) is 0 Å². The van der Waals surface area contributed by atoms with Crippen molar-refractivity contribution in [1.82, 2.24) is 4.90 Å². The molecule has 3 rings (SSSR count). The van der Waals surface area contributed by atoms with Gasteiger partial charge in [0, 0.05) is 18.8 Å². The van der Waals surface area contributed by atoms with Crippen LogP contribution in [0.3, 0.4) is 0 Å². The summed E-state index contributed by atoms with van der Waals surface area (Å²) in [5.74, 6) is 0.0936. The van der Waals surface area contributed by atoms with Crippen molar-refractivity contribution in [1.29, 1.82) is 0 Å². The van der Waals surface area contributed by atoms with Crippen molar-refractivity contribution in [2.45, 2.75) is 44.6 Å². The molecule has 0 bridgehead atoms. The number of ether oxygens (including phenoxy) is 1. The van der Waals surface area contributed by atoms with Gasteiger partial charge in [0.05, 0.1) is 5.41 Å².